The Bertz CT molecular complexity index is 1340. The van der Waals surface area contributed by atoms with Crippen LogP contribution in [0.4, 0.5) is 28.4 Å². The Morgan fingerprint density at radius 2 is 1.49 bits per heavy atom. The van der Waals surface area contributed by atoms with E-state index in [-0.39, 0.29) is 7.43 Å². The van der Waals surface area contributed by atoms with Crippen molar-refractivity contribution in [1.29, 1.82) is 0 Å². The third kappa shape index (κ3) is 6.10. The number of hydrogen-bond acceptors (Lipinski definition) is 2. The second kappa shape index (κ2) is 13.6. The number of halogens is 2. The van der Waals surface area contributed by atoms with Crippen LogP contribution in [0.15, 0.2) is 91.0 Å². The van der Waals surface area contributed by atoms with Crippen LogP contribution in [0.5, 0.6) is 0 Å². The number of allylic oxidation sites excluding steroid dienone is 4. The molecule has 3 nitrogen and oxygen atoms in total. The average molecular weight is 639 g/mol. The SMILES string of the molecule is CC[C@@H]1C[C@@H]2C(c3ccc(N(C)C)cc3)=CC=C[C@@H]2C1[Si](C)(C)N1c2ccccc2[N-]c2ccccc21.[CH3-].[Cl][Ti][Cl]. The molecule has 3 aliphatic rings. The van der Waals surface area contributed by atoms with Crippen LogP contribution in [-0.4, -0.2) is 22.3 Å². The third-order valence-electron chi connectivity index (χ3n) is 9.07. The Morgan fingerprint density at radius 1 is 0.927 bits per heavy atom. The molecule has 1 unspecified atom stereocenters. The number of hydrogen-bond donors (Lipinski definition) is 0. The van der Waals surface area contributed by atoms with Crippen molar-refractivity contribution in [2.45, 2.75) is 38.4 Å². The Labute approximate surface area is 265 Å². The van der Waals surface area contributed by atoms with E-state index in [4.69, 9.17) is 23.9 Å². The van der Waals surface area contributed by atoms with E-state index in [0.717, 1.165) is 11.4 Å². The average Bonchev–Trinajstić information content (AvgIpc) is 3.36. The minimum atomic E-state index is -2.03. The van der Waals surface area contributed by atoms with Crippen LogP contribution in [0.25, 0.3) is 10.9 Å². The first kappa shape index (κ1) is 32.0. The Morgan fingerprint density at radius 3 is 2.02 bits per heavy atom. The van der Waals surface area contributed by atoms with Gasteiger partial charge in [-0.15, -0.1) is 11.4 Å². The monoisotopic (exact) mass is 637 g/mol. The molecule has 0 bridgehead atoms. The molecule has 1 heterocycles. The van der Waals surface area contributed by atoms with Gasteiger partial charge in [0.15, 0.2) is 8.24 Å². The Hall–Kier alpha value is -1.95. The molecule has 0 aromatic heterocycles. The molecule has 1 saturated carbocycles. The van der Waals surface area contributed by atoms with Crippen LogP contribution in [0, 0.1) is 25.2 Å². The van der Waals surface area contributed by atoms with Gasteiger partial charge in [-0.2, -0.15) is 0 Å². The molecule has 1 fully saturated rings. The van der Waals surface area contributed by atoms with Crippen LogP contribution >= 0.6 is 18.6 Å². The Balaban J connectivity index is 0.000000929. The second-order valence-electron chi connectivity index (χ2n) is 11.7. The van der Waals surface area contributed by atoms with E-state index in [2.05, 4.69) is 135 Å². The summed E-state index contributed by atoms with van der Waals surface area (Å²) >= 11 is -0.556. The van der Waals surface area contributed by atoms with Crippen LogP contribution < -0.4 is 9.47 Å². The molecule has 41 heavy (non-hydrogen) atoms. The summed E-state index contributed by atoms with van der Waals surface area (Å²) in [5.41, 5.74) is 9.59. The fraction of sp³-hybridized carbons (Fsp3) is 0.324. The molecule has 7 heteroatoms. The number of anilines is 3. The van der Waals surface area contributed by atoms with E-state index < -0.39 is 25.3 Å². The summed E-state index contributed by atoms with van der Waals surface area (Å²) in [5, 5.41) is 5.05. The molecule has 0 amide bonds. The summed E-state index contributed by atoms with van der Waals surface area (Å²) in [6, 6.07) is 26.7. The van der Waals surface area contributed by atoms with Gasteiger partial charge in [0.1, 0.15) is 0 Å². The standard InChI is InChI=1S/C33H38N3Si.CH3.2ClH.Ti/c1-6-23-22-28-26(24-18-20-25(21-19-24)35(2)3)12-11-13-27(28)33(23)37(4,5)36-31-16-9-7-14-29(31)34-30-15-8-10-17-32(30)36;;;;/h7-21,23,27-28,33H,6,22H2,1-5H3;1H3;2*1H;/q2*-1;;;+2/p-2/t23-,27+,28-,33?;;;;/m1..../s1. The zero-order valence-electron chi connectivity index (χ0n) is 25.0. The topological polar surface area (TPSA) is 20.6 Å². The zero-order valence-corrected chi connectivity index (χ0v) is 29.1. The normalized spacial score (nSPS) is 22.0. The van der Waals surface area contributed by atoms with Crippen molar-refractivity contribution >= 4 is 60.9 Å². The van der Waals surface area contributed by atoms with Crippen molar-refractivity contribution in [2.75, 3.05) is 23.6 Å². The van der Waals surface area contributed by atoms with Crippen molar-refractivity contribution in [1.82, 2.24) is 0 Å². The zero-order chi connectivity index (χ0) is 28.4. The van der Waals surface area contributed by atoms with E-state index in [9.17, 15) is 0 Å². The van der Waals surface area contributed by atoms with Gasteiger partial charge in [-0.25, -0.2) is 0 Å². The van der Waals surface area contributed by atoms with Gasteiger partial charge in [-0.05, 0) is 65.1 Å². The quantitative estimate of drug-likeness (QED) is 0.205. The van der Waals surface area contributed by atoms with E-state index >= 15 is 0 Å². The first-order valence-electron chi connectivity index (χ1n) is 14.1. The molecule has 1 aliphatic heterocycles. The molecular formula is C34H41Cl2N3SiTi-2. The molecule has 6 rings (SSSR count). The van der Waals surface area contributed by atoms with Gasteiger partial charge in [0.2, 0.25) is 0 Å². The van der Waals surface area contributed by atoms with Gasteiger partial charge in [0, 0.05) is 31.2 Å². The molecule has 0 radical (unpaired) electrons. The minimum absolute atomic E-state index is 0. The number of fused-ring (bicyclic) bond motifs is 3. The summed E-state index contributed by atoms with van der Waals surface area (Å²) in [6.07, 6.45) is 9.79. The number of rotatable bonds is 5. The van der Waals surface area contributed by atoms with E-state index in [0.29, 0.717) is 23.3 Å². The molecule has 3 aromatic carbocycles. The molecule has 3 aromatic rings. The molecule has 4 atom stereocenters. The van der Waals surface area contributed by atoms with Gasteiger partial charge in [-0.1, -0.05) is 93.2 Å². The summed E-state index contributed by atoms with van der Waals surface area (Å²) < 4.78 is 2.75. The van der Waals surface area contributed by atoms with Crippen molar-refractivity contribution in [3.63, 3.8) is 0 Å². The van der Waals surface area contributed by atoms with Crippen LogP contribution in [0.1, 0.15) is 25.3 Å². The van der Waals surface area contributed by atoms with Crippen LogP contribution in [-0.2, 0) is 17.0 Å². The molecule has 0 N–H and O–H groups in total. The molecule has 0 spiro atoms. The van der Waals surface area contributed by atoms with Crippen molar-refractivity contribution in [2.24, 2.45) is 17.8 Å². The number of nitrogens with zero attached hydrogens (tertiary/aromatic N) is 3. The molecule has 0 saturated heterocycles. The predicted molar refractivity (Wildman–Crippen MR) is 180 cm³/mol. The summed E-state index contributed by atoms with van der Waals surface area (Å²) in [4.78, 5) is 2.18. The van der Waals surface area contributed by atoms with Crippen molar-refractivity contribution in [3.8, 4) is 0 Å². The first-order chi connectivity index (χ1) is 19.3. The maximum absolute atomic E-state index is 5.05. The van der Waals surface area contributed by atoms with Gasteiger partial charge >= 0.3 is 35.6 Å². The van der Waals surface area contributed by atoms with Crippen molar-refractivity contribution < 1.29 is 17.0 Å². The van der Waals surface area contributed by atoms with Gasteiger partial charge < -0.3 is 22.2 Å². The number of benzene rings is 3. The van der Waals surface area contributed by atoms with E-state index in [1.165, 1.54) is 41.0 Å². The fourth-order valence-electron chi connectivity index (χ4n) is 7.45. The summed E-state index contributed by atoms with van der Waals surface area (Å²) in [5.74, 6) is 1.86. The van der Waals surface area contributed by atoms with E-state index in [1.54, 1.807) is 0 Å². The fourth-order valence-corrected chi connectivity index (χ4v) is 12.2. The van der Waals surface area contributed by atoms with Crippen LogP contribution in [0.2, 0.25) is 18.6 Å². The van der Waals surface area contributed by atoms with Gasteiger partial charge in [-0.3, -0.25) is 0 Å². The van der Waals surface area contributed by atoms with E-state index in [1.807, 2.05) is 0 Å². The summed E-state index contributed by atoms with van der Waals surface area (Å²) in [7, 11) is 12.0. The van der Waals surface area contributed by atoms with Crippen molar-refractivity contribution in [3.05, 3.63) is 109 Å². The second-order valence-corrected chi connectivity index (χ2v) is 18.7. The van der Waals surface area contributed by atoms with Gasteiger partial charge in [0.25, 0.3) is 0 Å². The predicted octanol–water partition coefficient (Wildman–Crippen LogP) is 11.3. The first-order valence-corrected chi connectivity index (χ1v) is 21.5. The number of para-hydroxylation sites is 4. The summed E-state index contributed by atoms with van der Waals surface area (Å²) in [6.45, 7) is 7.63. The van der Waals surface area contributed by atoms with Crippen LogP contribution in [0.3, 0.4) is 0 Å². The Kier molecular flexibility index (Phi) is 10.6. The van der Waals surface area contributed by atoms with Gasteiger partial charge in [0.05, 0.1) is 0 Å². The third-order valence-corrected chi connectivity index (χ3v) is 13.2. The molecule has 2 aliphatic carbocycles. The maximum atomic E-state index is 5.05. The molecular weight excluding hydrogens is 597 g/mol. The molecule has 216 valence electrons.